The number of amides is 1. The lowest BCUT2D eigenvalue weighted by atomic mass is 10.1. The lowest BCUT2D eigenvalue weighted by Crippen LogP contribution is -2.46. The van der Waals surface area contributed by atoms with Crippen LogP contribution < -0.4 is 14.8 Å². The van der Waals surface area contributed by atoms with E-state index in [0.717, 1.165) is 4.31 Å². The predicted molar refractivity (Wildman–Crippen MR) is 120 cm³/mol. The van der Waals surface area contributed by atoms with Crippen LogP contribution in [0.15, 0.2) is 60.3 Å². The fourth-order valence-corrected chi connectivity index (χ4v) is 5.46. The summed E-state index contributed by atoms with van der Waals surface area (Å²) < 4.78 is 38.4. The molecule has 0 bridgehead atoms. The van der Waals surface area contributed by atoms with Gasteiger partial charge in [0.1, 0.15) is 22.1 Å². The Hall–Kier alpha value is -3.00. The molecule has 31 heavy (non-hydrogen) atoms. The van der Waals surface area contributed by atoms with Gasteiger partial charge in [-0.2, -0.15) is 0 Å². The monoisotopic (exact) mass is 444 g/mol. The Morgan fingerprint density at radius 1 is 1.00 bits per heavy atom. The van der Waals surface area contributed by atoms with Gasteiger partial charge in [-0.15, -0.1) is 0 Å². The molecule has 0 aliphatic carbocycles. The molecule has 8 heteroatoms. The van der Waals surface area contributed by atoms with Gasteiger partial charge in [0.05, 0.1) is 19.3 Å². The van der Waals surface area contributed by atoms with Crippen LogP contribution in [0.3, 0.4) is 0 Å². The fraction of sp³-hybridized carbons (Fsp3) is 0.348. The molecule has 1 amide bonds. The second-order valence-corrected chi connectivity index (χ2v) is 9.85. The molecule has 0 saturated carbocycles. The third kappa shape index (κ3) is 4.85. The van der Waals surface area contributed by atoms with Crippen molar-refractivity contribution in [2.75, 3.05) is 20.3 Å². The van der Waals surface area contributed by atoms with E-state index in [0.29, 0.717) is 36.6 Å². The molecule has 0 spiro atoms. The normalized spacial score (nSPS) is 15.9. The third-order valence-electron chi connectivity index (χ3n) is 4.70. The molecule has 1 N–H and O–H groups in total. The van der Waals surface area contributed by atoms with E-state index in [1.54, 1.807) is 64.3 Å². The van der Waals surface area contributed by atoms with Gasteiger partial charge in [0.25, 0.3) is 15.9 Å². The third-order valence-corrected chi connectivity index (χ3v) is 6.85. The molecule has 1 heterocycles. The van der Waals surface area contributed by atoms with Crippen molar-refractivity contribution in [1.82, 2.24) is 9.62 Å². The molecule has 1 aliphatic rings. The van der Waals surface area contributed by atoms with Crippen molar-refractivity contribution in [3.8, 4) is 11.5 Å². The van der Waals surface area contributed by atoms with Crippen LogP contribution in [0.2, 0.25) is 0 Å². The van der Waals surface area contributed by atoms with E-state index in [-0.39, 0.29) is 10.6 Å². The van der Waals surface area contributed by atoms with Gasteiger partial charge in [-0.1, -0.05) is 36.4 Å². The molecule has 0 fully saturated rings. The van der Waals surface area contributed by atoms with E-state index >= 15 is 0 Å². The fourth-order valence-electron chi connectivity index (χ4n) is 3.40. The Bertz CT molecular complexity index is 1070. The van der Waals surface area contributed by atoms with Crippen molar-refractivity contribution in [3.05, 3.63) is 65.9 Å². The molecule has 0 radical (unpaired) electrons. The van der Waals surface area contributed by atoms with E-state index in [4.69, 9.17) is 9.47 Å². The summed E-state index contributed by atoms with van der Waals surface area (Å²) >= 11 is 0. The summed E-state index contributed by atoms with van der Waals surface area (Å²) in [5.41, 5.74) is -0.297. The van der Waals surface area contributed by atoms with Crippen LogP contribution in [-0.4, -0.2) is 44.4 Å². The largest absolute Gasteiger partial charge is 0.497 e. The van der Waals surface area contributed by atoms with E-state index in [2.05, 4.69) is 5.32 Å². The summed E-state index contributed by atoms with van der Waals surface area (Å²) in [6.45, 7) is 5.90. The predicted octanol–water partition coefficient (Wildman–Crippen LogP) is 3.39. The Kier molecular flexibility index (Phi) is 6.59. The second-order valence-electron chi connectivity index (χ2n) is 8.12. The molecular weight excluding hydrogens is 416 g/mol. The second kappa shape index (κ2) is 9.01. The zero-order valence-corrected chi connectivity index (χ0v) is 19.0. The van der Waals surface area contributed by atoms with E-state index in [1.807, 2.05) is 18.2 Å². The highest BCUT2D eigenvalue weighted by Gasteiger charge is 2.49. The lowest BCUT2D eigenvalue weighted by molar-refractivity contribution is -0.125. The molecule has 2 aromatic carbocycles. The Balaban J connectivity index is 1.75. The van der Waals surface area contributed by atoms with E-state index in [1.165, 1.54) is 0 Å². The van der Waals surface area contributed by atoms with Crippen molar-refractivity contribution in [2.24, 2.45) is 0 Å². The van der Waals surface area contributed by atoms with Gasteiger partial charge in [0.15, 0.2) is 0 Å². The van der Waals surface area contributed by atoms with Gasteiger partial charge in [-0.25, -0.2) is 12.7 Å². The van der Waals surface area contributed by atoms with Crippen LogP contribution in [0.25, 0.3) is 4.91 Å². The average Bonchev–Trinajstić information content (AvgIpc) is 2.93. The first-order valence-electron chi connectivity index (χ1n) is 10.1. The van der Waals surface area contributed by atoms with Gasteiger partial charge in [0.2, 0.25) is 0 Å². The van der Waals surface area contributed by atoms with Crippen molar-refractivity contribution < 1.29 is 22.7 Å². The average molecular weight is 445 g/mol. The summed E-state index contributed by atoms with van der Waals surface area (Å²) in [6, 6.07) is 16.0. The van der Waals surface area contributed by atoms with Crippen LogP contribution in [0.4, 0.5) is 0 Å². The van der Waals surface area contributed by atoms with Gasteiger partial charge in [-0.05, 0) is 44.9 Å². The molecule has 0 unspecified atom stereocenters. The highest BCUT2D eigenvalue weighted by Crippen LogP contribution is 2.38. The highest BCUT2D eigenvalue weighted by atomic mass is 32.2. The topological polar surface area (TPSA) is 84.9 Å². The number of hydrogen-bond donors (Lipinski definition) is 1. The van der Waals surface area contributed by atoms with Gasteiger partial charge in [0, 0.05) is 12.6 Å². The Morgan fingerprint density at radius 2 is 1.68 bits per heavy atom. The number of nitrogens with one attached hydrogen (secondary N) is 1. The molecular formula is C23H28N2O5S. The number of nitrogens with zero attached hydrogens (tertiary/aromatic N) is 1. The van der Waals surface area contributed by atoms with Crippen LogP contribution in [-0.2, 0) is 14.8 Å². The zero-order chi connectivity index (χ0) is 22.6. The van der Waals surface area contributed by atoms with Gasteiger partial charge < -0.3 is 14.8 Å². The number of ether oxygens (including phenoxy) is 2. The number of benzene rings is 2. The maximum Gasteiger partial charge on any atom is 0.285 e. The minimum Gasteiger partial charge on any atom is -0.497 e. The number of rotatable bonds is 8. The minimum atomic E-state index is -3.97. The molecule has 7 nitrogen and oxygen atoms in total. The Morgan fingerprint density at radius 3 is 2.32 bits per heavy atom. The minimum absolute atomic E-state index is 0.0155. The van der Waals surface area contributed by atoms with Crippen LogP contribution >= 0.6 is 0 Å². The summed E-state index contributed by atoms with van der Waals surface area (Å²) in [5, 5.41) is 3.05. The highest BCUT2D eigenvalue weighted by molar-refractivity contribution is 7.99. The van der Waals surface area contributed by atoms with Gasteiger partial charge >= 0.3 is 0 Å². The number of carbonyl (C=O) groups is 1. The Labute approximate surface area is 183 Å². The molecule has 3 rings (SSSR count). The lowest BCUT2D eigenvalue weighted by Gasteiger charge is -2.30. The molecule has 0 aromatic heterocycles. The first-order valence-corrected chi connectivity index (χ1v) is 11.5. The van der Waals surface area contributed by atoms with Crippen molar-refractivity contribution >= 4 is 20.8 Å². The number of methoxy groups -OCH3 is 1. The summed E-state index contributed by atoms with van der Waals surface area (Å²) in [7, 11) is -2.38. The van der Waals surface area contributed by atoms with Gasteiger partial charge in [-0.3, -0.25) is 4.79 Å². The standard InChI is InChI=1S/C23H28N2O5S/c1-23(2,3)25-22(26)20(21(31(25,27)28)17-10-6-5-7-11-17)24-14-9-15-30-19-13-8-12-18(16-19)29-4/h5-8,10-13,16,24H,9,14-15H2,1-4H3. The first kappa shape index (κ1) is 22.7. The number of sulfonamides is 1. The smallest absolute Gasteiger partial charge is 0.285 e. The molecule has 0 saturated heterocycles. The maximum absolute atomic E-state index is 13.3. The van der Waals surface area contributed by atoms with Crippen molar-refractivity contribution in [1.29, 1.82) is 0 Å². The molecule has 2 aromatic rings. The van der Waals surface area contributed by atoms with Crippen LogP contribution in [0.5, 0.6) is 11.5 Å². The van der Waals surface area contributed by atoms with Crippen LogP contribution in [0.1, 0.15) is 32.8 Å². The van der Waals surface area contributed by atoms with E-state index in [9.17, 15) is 13.2 Å². The quantitative estimate of drug-likeness (QED) is 0.629. The van der Waals surface area contributed by atoms with Crippen LogP contribution in [0, 0.1) is 0 Å². The summed E-state index contributed by atoms with van der Waals surface area (Å²) in [6.07, 6.45) is 0.575. The zero-order valence-electron chi connectivity index (χ0n) is 18.2. The summed E-state index contributed by atoms with van der Waals surface area (Å²) in [4.78, 5) is 13.1. The number of carbonyl (C=O) groups excluding carboxylic acids is 1. The maximum atomic E-state index is 13.3. The summed E-state index contributed by atoms with van der Waals surface area (Å²) in [5.74, 6) is 0.847. The first-order chi connectivity index (χ1) is 14.7. The molecule has 166 valence electrons. The molecule has 1 aliphatic heterocycles. The van der Waals surface area contributed by atoms with Crippen molar-refractivity contribution in [3.63, 3.8) is 0 Å². The van der Waals surface area contributed by atoms with Crippen molar-refractivity contribution in [2.45, 2.75) is 32.7 Å². The van der Waals surface area contributed by atoms with E-state index < -0.39 is 21.5 Å². The SMILES string of the molecule is COc1cccc(OCCCNC2=C(c3ccccc3)S(=O)(=O)N(C(C)(C)C)C2=O)c1. The number of hydrogen-bond acceptors (Lipinski definition) is 6. The molecule has 0 atom stereocenters.